The van der Waals surface area contributed by atoms with Gasteiger partial charge >= 0.3 is 5.97 Å². The smallest absolute Gasteiger partial charge is 0.356 e. The van der Waals surface area contributed by atoms with Crippen molar-refractivity contribution in [2.24, 2.45) is 5.73 Å². The first kappa shape index (κ1) is 10.6. The molecule has 0 aromatic heterocycles. The quantitative estimate of drug-likeness (QED) is 0.660. The van der Waals surface area contributed by atoms with Crippen LogP contribution in [0.2, 0.25) is 0 Å². The molecule has 1 atom stereocenters. The molecule has 16 heavy (non-hydrogen) atoms. The fraction of sp³-hybridized carbons (Fsp3) is 0.364. The zero-order valence-corrected chi connectivity index (χ0v) is 9.36. The van der Waals surface area contributed by atoms with Crippen LogP contribution in [0.25, 0.3) is 0 Å². The number of carbonyl (C=O) groups excluding carboxylic acids is 1. The van der Waals surface area contributed by atoms with Gasteiger partial charge in [-0.25, -0.2) is 4.79 Å². The molecule has 3 N–H and O–H groups in total. The van der Waals surface area contributed by atoms with Crippen molar-refractivity contribution in [2.45, 2.75) is 20.0 Å². The van der Waals surface area contributed by atoms with Gasteiger partial charge in [-0.1, -0.05) is 0 Å². The highest BCUT2D eigenvalue weighted by Crippen LogP contribution is 2.25. The SMILES string of the molecule is CCOC(=O)C1=C(C)N2C=CC=C(N)C2N1. The van der Waals surface area contributed by atoms with E-state index in [0.29, 0.717) is 18.0 Å². The van der Waals surface area contributed by atoms with E-state index in [1.165, 1.54) is 0 Å². The van der Waals surface area contributed by atoms with Gasteiger partial charge in [-0.3, -0.25) is 0 Å². The molecule has 0 fully saturated rings. The van der Waals surface area contributed by atoms with Crippen LogP contribution in [0.4, 0.5) is 0 Å². The van der Waals surface area contributed by atoms with Gasteiger partial charge in [0.15, 0.2) is 0 Å². The van der Waals surface area contributed by atoms with E-state index in [-0.39, 0.29) is 12.1 Å². The number of nitrogens with zero attached hydrogens (tertiary/aromatic N) is 1. The number of rotatable bonds is 2. The number of nitrogens with one attached hydrogen (secondary N) is 1. The molecule has 0 radical (unpaired) electrons. The molecule has 0 spiro atoms. The number of esters is 1. The second-order valence-corrected chi connectivity index (χ2v) is 3.64. The van der Waals surface area contributed by atoms with Crippen LogP contribution < -0.4 is 11.1 Å². The number of allylic oxidation sites excluding steroid dienone is 3. The highest BCUT2D eigenvalue weighted by atomic mass is 16.5. The summed E-state index contributed by atoms with van der Waals surface area (Å²) in [6.07, 6.45) is 5.39. The van der Waals surface area contributed by atoms with Crippen molar-refractivity contribution >= 4 is 5.97 Å². The van der Waals surface area contributed by atoms with Crippen molar-refractivity contribution < 1.29 is 9.53 Å². The number of hydrogen-bond donors (Lipinski definition) is 2. The molecular formula is C11H15N3O2. The molecule has 5 heteroatoms. The minimum Gasteiger partial charge on any atom is -0.461 e. The number of nitrogens with two attached hydrogens (primary N) is 1. The summed E-state index contributed by atoms with van der Waals surface area (Å²) >= 11 is 0. The third kappa shape index (κ3) is 1.54. The molecule has 1 unspecified atom stereocenters. The maximum Gasteiger partial charge on any atom is 0.356 e. The second-order valence-electron chi connectivity index (χ2n) is 3.64. The van der Waals surface area contributed by atoms with Crippen LogP contribution >= 0.6 is 0 Å². The molecule has 5 nitrogen and oxygen atoms in total. The van der Waals surface area contributed by atoms with E-state index in [1.54, 1.807) is 6.92 Å². The molecule has 0 bridgehead atoms. The maximum absolute atomic E-state index is 11.7. The highest BCUT2D eigenvalue weighted by Gasteiger charge is 2.33. The van der Waals surface area contributed by atoms with Crippen molar-refractivity contribution in [3.63, 3.8) is 0 Å². The van der Waals surface area contributed by atoms with Gasteiger partial charge < -0.3 is 20.7 Å². The van der Waals surface area contributed by atoms with E-state index >= 15 is 0 Å². The lowest BCUT2D eigenvalue weighted by atomic mass is 10.2. The maximum atomic E-state index is 11.7. The summed E-state index contributed by atoms with van der Waals surface area (Å²) in [6.45, 7) is 4.01. The Bertz CT molecular complexity index is 409. The summed E-state index contributed by atoms with van der Waals surface area (Å²) < 4.78 is 4.97. The van der Waals surface area contributed by atoms with Gasteiger partial charge in [-0.05, 0) is 26.0 Å². The molecule has 2 aliphatic rings. The van der Waals surface area contributed by atoms with E-state index in [4.69, 9.17) is 10.5 Å². The van der Waals surface area contributed by atoms with Crippen LogP contribution in [0.3, 0.4) is 0 Å². The van der Waals surface area contributed by atoms with Gasteiger partial charge in [0.05, 0.1) is 12.3 Å². The third-order valence-corrected chi connectivity index (χ3v) is 2.64. The number of ether oxygens (including phenoxy) is 1. The van der Waals surface area contributed by atoms with Gasteiger partial charge in [0.2, 0.25) is 0 Å². The summed E-state index contributed by atoms with van der Waals surface area (Å²) in [7, 11) is 0. The Kier molecular flexibility index (Phi) is 2.60. The predicted molar refractivity (Wildman–Crippen MR) is 59.5 cm³/mol. The zero-order chi connectivity index (χ0) is 11.7. The van der Waals surface area contributed by atoms with Gasteiger partial charge in [0.1, 0.15) is 11.9 Å². The van der Waals surface area contributed by atoms with E-state index < -0.39 is 0 Å². The Hall–Kier alpha value is -1.91. The Morgan fingerprint density at radius 2 is 2.44 bits per heavy atom. The summed E-state index contributed by atoms with van der Waals surface area (Å²) in [4.78, 5) is 13.6. The summed E-state index contributed by atoms with van der Waals surface area (Å²) in [5.74, 6) is -0.337. The fourth-order valence-electron chi connectivity index (χ4n) is 1.82. The largest absolute Gasteiger partial charge is 0.461 e. The first-order valence-electron chi connectivity index (χ1n) is 5.22. The monoisotopic (exact) mass is 221 g/mol. The second kappa shape index (κ2) is 3.92. The van der Waals surface area contributed by atoms with Crippen LogP contribution in [0.1, 0.15) is 13.8 Å². The lowest BCUT2D eigenvalue weighted by Gasteiger charge is -2.26. The topological polar surface area (TPSA) is 67.6 Å². The molecule has 0 aliphatic carbocycles. The van der Waals surface area contributed by atoms with Crippen molar-refractivity contribution in [1.29, 1.82) is 0 Å². The summed E-state index contributed by atoms with van der Waals surface area (Å²) in [5.41, 5.74) is 7.84. The molecule has 0 amide bonds. The first-order valence-corrected chi connectivity index (χ1v) is 5.22. The average molecular weight is 221 g/mol. The van der Waals surface area contributed by atoms with Crippen molar-refractivity contribution in [3.8, 4) is 0 Å². The minimum absolute atomic E-state index is 0.163. The zero-order valence-electron chi connectivity index (χ0n) is 9.36. The van der Waals surface area contributed by atoms with Gasteiger partial charge in [-0.2, -0.15) is 0 Å². The van der Waals surface area contributed by atoms with E-state index in [2.05, 4.69) is 5.32 Å². The molecule has 0 aromatic rings. The van der Waals surface area contributed by atoms with Gasteiger partial charge in [-0.15, -0.1) is 0 Å². The van der Waals surface area contributed by atoms with E-state index in [1.807, 2.05) is 30.2 Å². The normalized spacial score (nSPS) is 22.8. The lowest BCUT2D eigenvalue weighted by molar-refractivity contribution is -0.138. The molecule has 0 aromatic carbocycles. The van der Waals surface area contributed by atoms with Crippen LogP contribution in [-0.2, 0) is 9.53 Å². The van der Waals surface area contributed by atoms with E-state index in [9.17, 15) is 4.79 Å². The Balaban J connectivity index is 2.24. The van der Waals surface area contributed by atoms with Crippen molar-refractivity contribution in [2.75, 3.05) is 6.61 Å². The molecule has 86 valence electrons. The molecular weight excluding hydrogens is 206 g/mol. The number of carbonyl (C=O) groups is 1. The Morgan fingerprint density at radius 1 is 1.69 bits per heavy atom. The summed E-state index contributed by atoms with van der Waals surface area (Å²) in [5, 5.41) is 3.06. The Labute approximate surface area is 94.2 Å². The van der Waals surface area contributed by atoms with Crippen molar-refractivity contribution in [3.05, 3.63) is 35.4 Å². The first-order chi connectivity index (χ1) is 7.65. The van der Waals surface area contributed by atoms with Crippen LogP contribution in [-0.4, -0.2) is 23.6 Å². The van der Waals surface area contributed by atoms with Gasteiger partial charge in [0.25, 0.3) is 0 Å². The average Bonchev–Trinajstić information content (AvgIpc) is 2.59. The summed E-state index contributed by atoms with van der Waals surface area (Å²) in [6, 6.07) is 0. The van der Waals surface area contributed by atoms with Crippen LogP contribution in [0, 0.1) is 0 Å². The highest BCUT2D eigenvalue weighted by molar-refractivity contribution is 5.89. The van der Waals surface area contributed by atoms with E-state index in [0.717, 1.165) is 5.70 Å². The molecule has 0 saturated heterocycles. The predicted octanol–water partition coefficient (Wildman–Crippen LogP) is 0.382. The number of hydrogen-bond acceptors (Lipinski definition) is 5. The van der Waals surface area contributed by atoms with Crippen molar-refractivity contribution in [1.82, 2.24) is 10.2 Å². The lowest BCUT2D eigenvalue weighted by Crippen LogP contribution is -2.40. The Morgan fingerprint density at radius 3 is 3.06 bits per heavy atom. The minimum atomic E-state index is -0.337. The molecule has 2 rings (SSSR count). The molecule has 2 aliphatic heterocycles. The standard InChI is InChI=1S/C11H15N3O2/c1-3-16-11(15)9-7(2)14-6-4-5-8(12)10(14)13-9/h4-6,10,13H,3,12H2,1-2H3. The van der Waals surface area contributed by atoms with Gasteiger partial charge in [0, 0.05) is 11.9 Å². The molecule has 0 saturated carbocycles. The van der Waals surface area contributed by atoms with Crippen LogP contribution in [0.5, 0.6) is 0 Å². The number of fused-ring (bicyclic) bond motifs is 1. The third-order valence-electron chi connectivity index (χ3n) is 2.64. The molecule has 2 heterocycles. The fourth-order valence-corrected chi connectivity index (χ4v) is 1.82. The van der Waals surface area contributed by atoms with Crippen LogP contribution in [0.15, 0.2) is 35.4 Å².